The Morgan fingerprint density at radius 3 is 2.42 bits per heavy atom. The second kappa shape index (κ2) is 7.43. The summed E-state index contributed by atoms with van der Waals surface area (Å²) in [7, 11) is 0. The minimum atomic E-state index is -1.10. The number of hydrogen-bond donors (Lipinski definition) is 2. The summed E-state index contributed by atoms with van der Waals surface area (Å²) in [6.45, 7) is 2.89. The average molecular weight is 282 g/mol. The number of aliphatic hydroxyl groups is 2. The zero-order valence-corrected chi connectivity index (χ0v) is 11.8. The Balaban J connectivity index is 2.83. The molecule has 19 heavy (non-hydrogen) atoms. The maximum Gasteiger partial charge on any atom is 0.185 e. The lowest BCUT2D eigenvalue weighted by atomic mass is 9.96. The van der Waals surface area contributed by atoms with Gasteiger partial charge in [-0.2, -0.15) is 0 Å². The second-order valence-corrected chi connectivity index (χ2v) is 5.59. The standard InChI is InChI=1S/C14H18O4S/c1-9(15)7-11-5-3-4-6-12(11)14(18)13(17)8-19-10(2)16/h3-6,13-14,17-18H,7-8H2,1-2H3. The molecule has 2 unspecified atom stereocenters. The zero-order chi connectivity index (χ0) is 14.4. The van der Waals surface area contributed by atoms with E-state index in [4.69, 9.17) is 0 Å². The van der Waals surface area contributed by atoms with Crippen LogP contribution >= 0.6 is 11.8 Å². The second-order valence-electron chi connectivity index (χ2n) is 4.39. The smallest absolute Gasteiger partial charge is 0.185 e. The quantitative estimate of drug-likeness (QED) is 0.827. The van der Waals surface area contributed by atoms with Gasteiger partial charge in [0.15, 0.2) is 5.12 Å². The van der Waals surface area contributed by atoms with Gasteiger partial charge in [-0.3, -0.25) is 9.59 Å². The number of thioether (sulfide) groups is 1. The van der Waals surface area contributed by atoms with Crippen LogP contribution in [-0.2, 0) is 16.0 Å². The third-order valence-electron chi connectivity index (χ3n) is 2.63. The van der Waals surface area contributed by atoms with Crippen LogP contribution in [0.15, 0.2) is 24.3 Å². The van der Waals surface area contributed by atoms with Crippen LogP contribution in [0.3, 0.4) is 0 Å². The Morgan fingerprint density at radius 2 is 1.84 bits per heavy atom. The van der Waals surface area contributed by atoms with Crippen LogP contribution in [0.5, 0.6) is 0 Å². The Bertz CT molecular complexity index is 459. The molecular formula is C14H18O4S. The highest BCUT2D eigenvalue weighted by Crippen LogP contribution is 2.24. The largest absolute Gasteiger partial charge is 0.389 e. The van der Waals surface area contributed by atoms with Crippen LogP contribution in [0, 0.1) is 0 Å². The Labute approximate surface area is 116 Å². The number of ketones is 1. The Kier molecular flexibility index (Phi) is 6.21. The summed E-state index contributed by atoms with van der Waals surface area (Å²) in [6, 6.07) is 6.97. The summed E-state index contributed by atoms with van der Waals surface area (Å²) < 4.78 is 0. The van der Waals surface area contributed by atoms with Gasteiger partial charge >= 0.3 is 0 Å². The number of carbonyl (C=O) groups is 2. The van der Waals surface area contributed by atoms with Crippen LogP contribution in [0.25, 0.3) is 0 Å². The van der Waals surface area contributed by atoms with Crippen molar-refractivity contribution in [3.8, 4) is 0 Å². The first kappa shape index (κ1) is 15.9. The van der Waals surface area contributed by atoms with Crippen LogP contribution in [0.1, 0.15) is 31.1 Å². The van der Waals surface area contributed by atoms with Gasteiger partial charge in [-0.15, -0.1) is 0 Å². The molecule has 5 heteroatoms. The molecule has 0 bridgehead atoms. The maximum atomic E-state index is 11.2. The highest BCUT2D eigenvalue weighted by atomic mass is 32.2. The highest BCUT2D eigenvalue weighted by molar-refractivity contribution is 8.13. The molecule has 0 aliphatic rings. The fraction of sp³-hybridized carbons (Fsp3) is 0.429. The monoisotopic (exact) mass is 282 g/mol. The summed E-state index contributed by atoms with van der Waals surface area (Å²) in [5, 5.41) is 19.9. The molecule has 0 saturated carbocycles. The molecule has 2 atom stereocenters. The average Bonchev–Trinajstić information content (AvgIpc) is 2.35. The van der Waals surface area contributed by atoms with Gasteiger partial charge in [-0.25, -0.2) is 0 Å². The summed E-state index contributed by atoms with van der Waals surface area (Å²) >= 11 is 0.966. The molecule has 0 aliphatic heterocycles. The van der Waals surface area contributed by atoms with Crippen LogP contribution in [-0.4, -0.2) is 33.0 Å². The fourth-order valence-corrected chi connectivity index (χ4v) is 2.34. The predicted molar refractivity (Wildman–Crippen MR) is 74.9 cm³/mol. The van der Waals surface area contributed by atoms with E-state index in [1.54, 1.807) is 24.3 Å². The molecule has 2 N–H and O–H groups in total. The van der Waals surface area contributed by atoms with Crippen molar-refractivity contribution in [2.45, 2.75) is 32.5 Å². The maximum absolute atomic E-state index is 11.2. The molecule has 0 heterocycles. The Hall–Kier alpha value is -1.17. The number of Topliss-reactive ketones (excluding diaryl/α,β-unsaturated/α-hetero) is 1. The van der Waals surface area contributed by atoms with E-state index in [1.165, 1.54) is 13.8 Å². The van der Waals surface area contributed by atoms with Gasteiger partial charge in [-0.1, -0.05) is 36.0 Å². The van der Waals surface area contributed by atoms with E-state index in [0.717, 1.165) is 11.8 Å². The molecule has 1 rings (SSSR count). The molecule has 1 aromatic rings. The lowest BCUT2D eigenvalue weighted by molar-refractivity contribution is -0.116. The summed E-state index contributed by atoms with van der Waals surface area (Å²) in [5.74, 6) is 0.123. The van der Waals surface area contributed by atoms with E-state index in [0.29, 0.717) is 11.1 Å². The number of carbonyl (C=O) groups excluding carboxylic acids is 2. The van der Waals surface area contributed by atoms with Crippen LogP contribution in [0.4, 0.5) is 0 Å². The van der Waals surface area contributed by atoms with E-state index < -0.39 is 12.2 Å². The minimum absolute atomic E-state index is 0.00718. The van der Waals surface area contributed by atoms with E-state index in [2.05, 4.69) is 0 Å². The first-order valence-electron chi connectivity index (χ1n) is 5.98. The van der Waals surface area contributed by atoms with Crippen molar-refractivity contribution < 1.29 is 19.8 Å². The molecule has 0 saturated heterocycles. The molecule has 0 aromatic heterocycles. The Morgan fingerprint density at radius 1 is 1.21 bits per heavy atom. The van der Waals surface area contributed by atoms with E-state index in [1.807, 2.05) is 0 Å². The number of aliphatic hydroxyl groups excluding tert-OH is 2. The van der Waals surface area contributed by atoms with Gasteiger partial charge in [0, 0.05) is 19.1 Å². The number of hydrogen-bond acceptors (Lipinski definition) is 5. The van der Waals surface area contributed by atoms with Crippen molar-refractivity contribution in [1.29, 1.82) is 0 Å². The van der Waals surface area contributed by atoms with Crippen molar-refractivity contribution >= 4 is 22.7 Å². The zero-order valence-electron chi connectivity index (χ0n) is 11.0. The van der Waals surface area contributed by atoms with E-state index >= 15 is 0 Å². The van der Waals surface area contributed by atoms with Gasteiger partial charge in [0.2, 0.25) is 0 Å². The van der Waals surface area contributed by atoms with Crippen molar-refractivity contribution in [2.24, 2.45) is 0 Å². The molecule has 0 radical (unpaired) electrons. The SMILES string of the molecule is CC(=O)Cc1ccccc1C(O)C(O)CSC(C)=O. The third kappa shape index (κ3) is 5.14. The van der Waals surface area contributed by atoms with E-state index in [9.17, 15) is 19.8 Å². The van der Waals surface area contributed by atoms with Crippen molar-refractivity contribution in [3.05, 3.63) is 35.4 Å². The fourth-order valence-electron chi connectivity index (χ4n) is 1.75. The molecule has 1 aromatic carbocycles. The highest BCUT2D eigenvalue weighted by Gasteiger charge is 2.21. The topological polar surface area (TPSA) is 74.6 Å². The van der Waals surface area contributed by atoms with Crippen LogP contribution < -0.4 is 0 Å². The number of benzene rings is 1. The first-order chi connectivity index (χ1) is 8.91. The normalized spacial score (nSPS) is 13.9. The lowest BCUT2D eigenvalue weighted by Gasteiger charge is -2.20. The van der Waals surface area contributed by atoms with Gasteiger partial charge in [0.1, 0.15) is 11.9 Å². The van der Waals surface area contributed by atoms with E-state index in [-0.39, 0.29) is 23.1 Å². The minimum Gasteiger partial charge on any atom is -0.389 e. The van der Waals surface area contributed by atoms with Gasteiger partial charge in [0.25, 0.3) is 0 Å². The molecule has 0 spiro atoms. The molecule has 4 nitrogen and oxygen atoms in total. The number of rotatable bonds is 6. The third-order valence-corrected chi connectivity index (χ3v) is 3.55. The van der Waals surface area contributed by atoms with Gasteiger partial charge in [-0.05, 0) is 18.1 Å². The summed E-state index contributed by atoms with van der Waals surface area (Å²) in [6.07, 6.45) is -1.91. The van der Waals surface area contributed by atoms with Gasteiger partial charge in [0.05, 0.1) is 6.10 Å². The molecular weight excluding hydrogens is 264 g/mol. The lowest BCUT2D eigenvalue weighted by Crippen LogP contribution is -2.22. The van der Waals surface area contributed by atoms with Crippen molar-refractivity contribution in [2.75, 3.05) is 5.75 Å². The summed E-state index contributed by atoms with van der Waals surface area (Å²) in [5.41, 5.74) is 1.24. The molecule has 0 fully saturated rings. The molecule has 104 valence electrons. The van der Waals surface area contributed by atoms with Gasteiger partial charge < -0.3 is 10.2 Å². The van der Waals surface area contributed by atoms with Crippen molar-refractivity contribution in [1.82, 2.24) is 0 Å². The molecule has 0 aliphatic carbocycles. The van der Waals surface area contributed by atoms with Crippen molar-refractivity contribution in [3.63, 3.8) is 0 Å². The molecule has 0 amide bonds. The summed E-state index contributed by atoms with van der Waals surface area (Å²) in [4.78, 5) is 22.0. The van der Waals surface area contributed by atoms with Crippen LogP contribution in [0.2, 0.25) is 0 Å². The predicted octanol–water partition coefficient (Wildman–Crippen LogP) is 1.49. The first-order valence-corrected chi connectivity index (χ1v) is 6.97.